The topological polar surface area (TPSA) is 77.3 Å². The number of sulfonamides is 1. The van der Waals surface area contributed by atoms with E-state index in [0.29, 0.717) is 42.6 Å². The quantitative estimate of drug-likeness (QED) is 0.835. The molecule has 0 saturated carbocycles. The van der Waals surface area contributed by atoms with Crippen LogP contribution in [0.5, 0.6) is 0 Å². The van der Waals surface area contributed by atoms with Crippen LogP contribution in [0.3, 0.4) is 0 Å². The number of pyridine rings is 1. The zero-order valence-corrected chi connectivity index (χ0v) is 14.3. The molecule has 24 heavy (non-hydrogen) atoms. The molecule has 0 amide bonds. The molecule has 1 fully saturated rings. The minimum Gasteiger partial charge on any atom is -0.354 e. The van der Waals surface area contributed by atoms with Crippen LogP contribution in [0.25, 0.3) is 0 Å². The van der Waals surface area contributed by atoms with E-state index in [2.05, 4.69) is 11.1 Å². The van der Waals surface area contributed by atoms with Crippen molar-refractivity contribution in [2.45, 2.75) is 4.90 Å². The van der Waals surface area contributed by atoms with Gasteiger partial charge in [0.05, 0.1) is 16.5 Å². The molecule has 0 spiro atoms. The molecule has 2 heterocycles. The van der Waals surface area contributed by atoms with Crippen molar-refractivity contribution < 1.29 is 8.42 Å². The molecule has 6 nitrogen and oxygen atoms in total. The fraction of sp³-hybridized carbons (Fsp3) is 0.250. The number of hydrogen-bond donors (Lipinski definition) is 0. The SMILES string of the molecule is N#Cc1ccnc(N2CCN(S(=O)(=O)c3ccc(Cl)cc3)CC2)c1. The van der Waals surface area contributed by atoms with Gasteiger partial charge < -0.3 is 4.90 Å². The van der Waals surface area contributed by atoms with Crippen LogP contribution in [0.4, 0.5) is 5.82 Å². The Morgan fingerprint density at radius 3 is 2.38 bits per heavy atom. The molecule has 0 bridgehead atoms. The smallest absolute Gasteiger partial charge is 0.243 e. The molecule has 3 rings (SSSR count). The number of benzene rings is 1. The van der Waals surface area contributed by atoms with Crippen LogP contribution < -0.4 is 4.90 Å². The molecular weight excluding hydrogens is 348 g/mol. The van der Waals surface area contributed by atoms with Gasteiger partial charge in [0.2, 0.25) is 10.0 Å². The number of hydrogen-bond acceptors (Lipinski definition) is 5. The summed E-state index contributed by atoms with van der Waals surface area (Å²) in [6.45, 7) is 1.77. The largest absolute Gasteiger partial charge is 0.354 e. The van der Waals surface area contributed by atoms with Crippen LogP contribution in [0.1, 0.15) is 5.56 Å². The van der Waals surface area contributed by atoms with E-state index in [1.54, 1.807) is 30.5 Å². The predicted octanol–water partition coefficient (Wildman–Crippen LogP) is 2.12. The lowest BCUT2D eigenvalue weighted by Gasteiger charge is -2.34. The monoisotopic (exact) mass is 362 g/mol. The second-order valence-electron chi connectivity index (χ2n) is 5.36. The maximum atomic E-state index is 12.6. The minimum atomic E-state index is -3.52. The molecule has 0 radical (unpaired) electrons. The van der Waals surface area contributed by atoms with Crippen molar-refractivity contribution in [3.05, 3.63) is 53.2 Å². The summed E-state index contributed by atoms with van der Waals surface area (Å²) < 4.78 is 26.8. The molecule has 2 aromatic rings. The number of aromatic nitrogens is 1. The molecular formula is C16H15ClN4O2S. The summed E-state index contributed by atoms with van der Waals surface area (Å²) in [5, 5.41) is 9.46. The summed E-state index contributed by atoms with van der Waals surface area (Å²) in [7, 11) is -3.52. The highest BCUT2D eigenvalue weighted by molar-refractivity contribution is 7.89. The Kier molecular flexibility index (Phi) is 4.71. The van der Waals surface area contributed by atoms with Crippen LogP contribution in [-0.4, -0.2) is 43.9 Å². The van der Waals surface area contributed by atoms with Crippen LogP contribution in [0.2, 0.25) is 5.02 Å². The maximum absolute atomic E-state index is 12.6. The average molecular weight is 363 g/mol. The Morgan fingerprint density at radius 2 is 1.75 bits per heavy atom. The third-order valence-electron chi connectivity index (χ3n) is 3.89. The van der Waals surface area contributed by atoms with Gasteiger partial charge in [-0.05, 0) is 36.4 Å². The molecule has 0 aliphatic carbocycles. The molecule has 1 aromatic heterocycles. The predicted molar refractivity (Wildman–Crippen MR) is 91.4 cm³/mol. The van der Waals surface area contributed by atoms with Crippen LogP contribution in [0, 0.1) is 11.3 Å². The van der Waals surface area contributed by atoms with Crippen molar-refractivity contribution >= 4 is 27.4 Å². The first kappa shape index (κ1) is 16.7. The first-order valence-corrected chi connectivity index (χ1v) is 9.19. The number of nitriles is 1. The molecule has 1 saturated heterocycles. The number of nitrogens with zero attached hydrogens (tertiary/aromatic N) is 4. The van der Waals surface area contributed by atoms with Gasteiger partial charge in [-0.3, -0.25) is 0 Å². The first-order valence-electron chi connectivity index (χ1n) is 7.37. The molecule has 124 valence electrons. The second kappa shape index (κ2) is 6.77. The van der Waals surface area contributed by atoms with Crippen LogP contribution in [-0.2, 0) is 10.0 Å². The highest BCUT2D eigenvalue weighted by atomic mass is 35.5. The van der Waals surface area contributed by atoms with Crippen molar-refractivity contribution in [2.24, 2.45) is 0 Å². The van der Waals surface area contributed by atoms with E-state index in [9.17, 15) is 8.42 Å². The van der Waals surface area contributed by atoms with Gasteiger partial charge in [0.15, 0.2) is 0 Å². The van der Waals surface area contributed by atoms with Gasteiger partial charge in [0.25, 0.3) is 0 Å². The Hall–Kier alpha value is -2.14. The Labute approximate surface area is 146 Å². The minimum absolute atomic E-state index is 0.241. The van der Waals surface area contributed by atoms with Gasteiger partial charge in [0.1, 0.15) is 5.82 Å². The highest BCUT2D eigenvalue weighted by Gasteiger charge is 2.28. The number of rotatable bonds is 3. The van der Waals surface area contributed by atoms with Gasteiger partial charge in [-0.15, -0.1) is 0 Å². The zero-order valence-electron chi connectivity index (χ0n) is 12.8. The van der Waals surface area contributed by atoms with Crippen molar-refractivity contribution in [1.29, 1.82) is 5.26 Å². The Morgan fingerprint density at radius 1 is 1.08 bits per heavy atom. The molecule has 0 unspecified atom stereocenters. The molecule has 0 N–H and O–H groups in total. The summed E-state index contributed by atoms with van der Waals surface area (Å²) >= 11 is 5.81. The number of anilines is 1. The normalized spacial score (nSPS) is 15.9. The summed E-state index contributed by atoms with van der Waals surface area (Å²) in [6.07, 6.45) is 1.59. The van der Waals surface area contributed by atoms with E-state index >= 15 is 0 Å². The standard InChI is InChI=1S/C16H15ClN4O2S/c17-14-1-3-15(4-2-14)24(22,23)21-9-7-20(8-10-21)16-11-13(12-18)5-6-19-16/h1-6,11H,7-10H2. The van der Waals surface area contributed by atoms with E-state index in [0.717, 1.165) is 0 Å². The lowest BCUT2D eigenvalue weighted by Crippen LogP contribution is -2.48. The third-order valence-corrected chi connectivity index (χ3v) is 6.05. The van der Waals surface area contributed by atoms with Crippen molar-refractivity contribution in [2.75, 3.05) is 31.1 Å². The van der Waals surface area contributed by atoms with Crippen LogP contribution >= 0.6 is 11.6 Å². The van der Waals surface area contributed by atoms with Gasteiger partial charge in [-0.1, -0.05) is 11.6 Å². The lowest BCUT2D eigenvalue weighted by molar-refractivity contribution is 0.384. The molecule has 0 atom stereocenters. The van der Waals surface area contributed by atoms with E-state index < -0.39 is 10.0 Å². The molecule has 1 aliphatic heterocycles. The Balaban J connectivity index is 1.72. The summed E-state index contributed by atoms with van der Waals surface area (Å²) in [5.41, 5.74) is 0.538. The molecule has 1 aliphatic rings. The lowest BCUT2D eigenvalue weighted by atomic mass is 10.2. The van der Waals surface area contributed by atoms with Gasteiger partial charge in [0, 0.05) is 37.4 Å². The highest BCUT2D eigenvalue weighted by Crippen LogP contribution is 2.21. The van der Waals surface area contributed by atoms with E-state index in [4.69, 9.17) is 16.9 Å². The van der Waals surface area contributed by atoms with Crippen molar-refractivity contribution in [3.63, 3.8) is 0 Å². The maximum Gasteiger partial charge on any atom is 0.243 e. The summed E-state index contributed by atoms with van der Waals surface area (Å²) in [5.74, 6) is 0.692. The van der Waals surface area contributed by atoms with Gasteiger partial charge in [-0.25, -0.2) is 13.4 Å². The first-order chi connectivity index (χ1) is 11.5. The van der Waals surface area contributed by atoms with Gasteiger partial charge >= 0.3 is 0 Å². The van der Waals surface area contributed by atoms with E-state index in [1.165, 1.54) is 16.4 Å². The van der Waals surface area contributed by atoms with Gasteiger partial charge in [-0.2, -0.15) is 9.57 Å². The fourth-order valence-corrected chi connectivity index (χ4v) is 4.12. The summed E-state index contributed by atoms with van der Waals surface area (Å²) in [6, 6.07) is 11.6. The van der Waals surface area contributed by atoms with Crippen molar-refractivity contribution in [3.8, 4) is 6.07 Å². The van der Waals surface area contributed by atoms with E-state index in [-0.39, 0.29) is 4.90 Å². The second-order valence-corrected chi connectivity index (χ2v) is 7.73. The van der Waals surface area contributed by atoms with Crippen molar-refractivity contribution in [1.82, 2.24) is 9.29 Å². The number of piperazine rings is 1. The summed E-state index contributed by atoms with van der Waals surface area (Å²) in [4.78, 5) is 6.48. The molecule has 8 heteroatoms. The number of halogens is 1. The van der Waals surface area contributed by atoms with E-state index in [1.807, 2.05) is 4.90 Å². The molecule has 1 aromatic carbocycles. The zero-order chi connectivity index (χ0) is 17.2. The Bertz CT molecular complexity index is 870. The third kappa shape index (κ3) is 3.36. The van der Waals surface area contributed by atoms with Crippen LogP contribution in [0.15, 0.2) is 47.5 Å². The fourth-order valence-electron chi connectivity index (χ4n) is 2.57. The average Bonchev–Trinajstić information content (AvgIpc) is 2.62.